The number of ether oxygens (including phenoxy) is 1. The molecular weight excluding hydrogens is 328 g/mol. The van der Waals surface area contributed by atoms with Crippen molar-refractivity contribution in [2.24, 2.45) is 0 Å². The zero-order valence-corrected chi connectivity index (χ0v) is 17.0. The second kappa shape index (κ2) is 11.6. The summed E-state index contributed by atoms with van der Waals surface area (Å²) in [6.45, 7) is 12.6. The van der Waals surface area contributed by atoms with Crippen LogP contribution in [0.5, 0.6) is 0 Å². The molecular formula is C26H34O. The molecule has 0 bridgehead atoms. The van der Waals surface area contributed by atoms with Crippen LogP contribution in [0.1, 0.15) is 74.0 Å². The van der Waals surface area contributed by atoms with Crippen molar-refractivity contribution in [1.82, 2.24) is 0 Å². The molecule has 1 nitrogen and oxygen atoms in total. The maximum absolute atomic E-state index is 6.53. The lowest BCUT2D eigenvalue weighted by Gasteiger charge is -2.25. The quantitative estimate of drug-likeness (QED) is 0.354. The number of hydrogen-bond donors (Lipinski definition) is 0. The normalized spacial score (nSPS) is 13.1. The second-order valence-corrected chi connectivity index (χ2v) is 7.05. The average Bonchev–Trinajstić information content (AvgIpc) is 2.72. The molecule has 2 atom stereocenters. The first-order chi connectivity index (χ1) is 13.2. The van der Waals surface area contributed by atoms with Gasteiger partial charge in [0.1, 0.15) is 12.2 Å². The molecule has 0 spiro atoms. The maximum Gasteiger partial charge on any atom is 0.102 e. The van der Waals surface area contributed by atoms with Crippen molar-refractivity contribution in [1.29, 1.82) is 0 Å². The van der Waals surface area contributed by atoms with Gasteiger partial charge in [0.15, 0.2) is 0 Å². The Hall–Kier alpha value is -2.12. The lowest BCUT2D eigenvalue weighted by molar-refractivity contribution is 0.0393. The van der Waals surface area contributed by atoms with Crippen LogP contribution in [0.3, 0.4) is 0 Å². The number of hydrogen-bond acceptors (Lipinski definition) is 1. The van der Waals surface area contributed by atoms with Gasteiger partial charge in [0, 0.05) is 0 Å². The van der Waals surface area contributed by atoms with Crippen molar-refractivity contribution in [2.75, 3.05) is 0 Å². The highest BCUT2D eigenvalue weighted by molar-refractivity contribution is 5.34. The molecule has 2 aromatic rings. The minimum Gasteiger partial charge on any atom is -0.357 e. The summed E-state index contributed by atoms with van der Waals surface area (Å²) in [5, 5.41) is 0. The number of unbranched alkanes of at least 4 members (excludes halogenated alkanes) is 2. The van der Waals surface area contributed by atoms with Crippen molar-refractivity contribution in [2.45, 2.75) is 64.6 Å². The number of benzene rings is 2. The van der Waals surface area contributed by atoms with Gasteiger partial charge in [-0.1, -0.05) is 87.4 Å². The summed E-state index contributed by atoms with van der Waals surface area (Å²) < 4.78 is 6.53. The average molecular weight is 363 g/mol. The third-order valence-electron chi connectivity index (χ3n) is 5.04. The highest BCUT2D eigenvalue weighted by Crippen LogP contribution is 2.32. The molecule has 0 aliphatic heterocycles. The zero-order valence-electron chi connectivity index (χ0n) is 17.0. The predicted molar refractivity (Wildman–Crippen MR) is 117 cm³/mol. The van der Waals surface area contributed by atoms with Crippen molar-refractivity contribution in [3.8, 4) is 0 Å². The van der Waals surface area contributed by atoms with E-state index in [-0.39, 0.29) is 12.2 Å². The van der Waals surface area contributed by atoms with E-state index in [4.69, 9.17) is 4.74 Å². The number of rotatable bonds is 12. The SMILES string of the molecule is C=CC(OC(C=C)c1ccccc1CCCC)c1ccccc1CCCC. The Balaban J connectivity index is 2.27. The van der Waals surface area contributed by atoms with E-state index in [1.807, 2.05) is 12.2 Å². The van der Waals surface area contributed by atoms with E-state index in [2.05, 4.69) is 75.5 Å². The van der Waals surface area contributed by atoms with Gasteiger partial charge >= 0.3 is 0 Å². The molecule has 2 aromatic carbocycles. The van der Waals surface area contributed by atoms with E-state index in [9.17, 15) is 0 Å². The number of aryl methyl sites for hydroxylation is 2. The molecule has 27 heavy (non-hydrogen) atoms. The van der Waals surface area contributed by atoms with Gasteiger partial charge in [0.25, 0.3) is 0 Å². The minimum atomic E-state index is -0.139. The van der Waals surface area contributed by atoms with Gasteiger partial charge in [0.2, 0.25) is 0 Å². The van der Waals surface area contributed by atoms with Gasteiger partial charge in [-0.15, -0.1) is 13.2 Å². The van der Waals surface area contributed by atoms with Crippen molar-refractivity contribution in [3.05, 3.63) is 96.1 Å². The summed E-state index contributed by atoms with van der Waals surface area (Å²) in [6.07, 6.45) is 10.4. The monoisotopic (exact) mass is 362 g/mol. The molecule has 0 heterocycles. The summed E-state index contributed by atoms with van der Waals surface area (Å²) in [4.78, 5) is 0. The summed E-state index contributed by atoms with van der Waals surface area (Å²) >= 11 is 0. The Bertz CT molecular complexity index is 654. The largest absolute Gasteiger partial charge is 0.357 e. The van der Waals surface area contributed by atoms with Gasteiger partial charge in [-0.2, -0.15) is 0 Å². The van der Waals surface area contributed by atoms with Gasteiger partial charge in [-0.25, -0.2) is 0 Å². The Kier molecular flexibility index (Phi) is 9.07. The summed E-state index contributed by atoms with van der Waals surface area (Å²) in [5.74, 6) is 0. The highest BCUT2D eigenvalue weighted by atomic mass is 16.5. The Morgan fingerprint density at radius 3 is 1.52 bits per heavy atom. The van der Waals surface area contributed by atoms with Crippen LogP contribution in [0.4, 0.5) is 0 Å². The van der Waals surface area contributed by atoms with E-state index in [1.54, 1.807) is 0 Å². The minimum absolute atomic E-state index is 0.139. The zero-order chi connectivity index (χ0) is 19.5. The summed E-state index contributed by atoms with van der Waals surface area (Å²) in [7, 11) is 0. The topological polar surface area (TPSA) is 9.23 Å². The standard InChI is InChI=1S/C26H34O/c1-5-9-15-21-17-11-13-19-23(21)25(7-3)27-26(8-4)24-20-14-12-18-22(24)16-10-6-2/h7-8,11-14,17-20,25-26H,3-6,9-10,15-16H2,1-2H3. The fourth-order valence-electron chi connectivity index (χ4n) is 3.48. The van der Waals surface area contributed by atoms with E-state index in [0.717, 1.165) is 12.8 Å². The molecule has 1 heteroatoms. The van der Waals surface area contributed by atoms with Crippen molar-refractivity contribution < 1.29 is 4.74 Å². The molecule has 0 radical (unpaired) electrons. The lowest BCUT2D eigenvalue weighted by Crippen LogP contribution is -2.11. The molecule has 2 unspecified atom stereocenters. The maximum atomic E-state index is 6.53. The van der Waals surface area contributed by atoms with Crippen molar-refractivity contribution >= 4 is 0 Å². The van der Waals surface area contributed by atoms with E-state index in [1.165, 1.54) is 47.9 Å². The van der Waals surface area contributed by atoms with E-state index < -0.39 is 0 Å². The van der Waals surface area contributed by atoms with Crippen LogP contribution >= 0.6 is 0 Å². The molecule has 0 aromatic heterocycles. The first kappa shape index (κ1) is 21.2. The Morgan fingerprint density at radius 2 is 1.15 bits per heavy atom. The van der Waals surface area contributed by atoms with Gasteiger partial charge in [-0.05, 0) is 47.9 Å². The fraction of sp³-hybridized carbons (Fsp3) is 0.385. The molecule has 0 N–H and O–H groups in total. The third-order valence-corrected chi connectivity index (χ3v) is 5.04. The Labute approximate surface area is 165 Å². The molecule has 0 amide bonds. The smallest absolute Gasteiger partial charge is 0.102 e. The van der Waals surface area contributed by atoms with Crippen molar-refractivity contribution in [3.63, 3.8) is 0 Å². The van der Waals surface area contributed by atoms with Crippen LogP contribution in [0.25, 0.3) is 0 Å². The first-order valence-corrected chi connectivity index (χ1v) is 10.3. The molecule has 144 valence electrons. The van der Waals surface area contributed by atoms with Crippen LogP contribution in [-0.4, -0.2) is 0 Å². The third kappa shape index (κ3) is 5.94. The van der Waals surface area contributed by atoms with Crippen LogP contribution in [0, 0.1) is 0 Å². The summed E-state index contributed by atoms with van der Waals surface area (Å²) in [5.41, 5.74) is 5.15. The Morgan fingerprint density at radius 1 is 0.741 bits per heavy atom. The molecule has 0 aliphatic carbocycles. The molecule has 0 fully saturated rings. The van der Waals surface area contributed by atoms with Crippen LogP contribution in [0.2, 0.25) is 0 Å². The first-order valence-electron chi connectivity index (χ1n) is 10.3. The van der Waals surface area contributed by atoms with Gasteiger partial charge < -0.3 is 4.74 Å². The van der Waals surface area contributed by atoms with E-state index >= 15 is 0 Å². The van der Waals surface area contributed by atoms with Crippen LogP contribution in [0.15, 0.2) is 73.8 Å². The van der Waals surface area contributed by atoms with Gasteiger partial charge in [0.05, 0.1) is 0 Å². The van der Waals surface area contributed by atoms with Crippen LogP contribution < -0.4 is 0 Å². The molecule has 2 rings (SSSR count). The second-order valence-electron chi connectivity index (χ2n) is 7.05. The highest BCUT2D eigenvalue weighted by Gasteiger charge is 2.19. The lowest BCUT2D eigenvalue weighted by atomic mass is 9.96. The van der Waals surface area contributed by atoms with E-state index in [0.29, 0.717) is 0 Å². The summed E-state index contributed by atoms with van der Waals surface area (Å²) in [6, 6.07) is 17.2. The fourth-order valence-corrected chi connectivity index (χ4v) is 3.48. The van der Waals surface area contributed by atoms with Gasteiger partial charge in [-0.3, -0.25) is 0 Å². The molecule has 0 saturated heterocycles. The van der Waals surface area contributed by atoms with Crippen LogP contribution in [-0.2, 0) is 17.6 Å². The molecule has 0 saturated carbocycles. The predicted octanol–water partition coefficient (Wildman–Crippen LogP) is 7.54. The molecule has 0 aliphatic rings.